The third kappa shape index (κ3) is 3.81. The van der Waals surface area contributed by atoms with Crippen molar-refractivity contribution in [3.63, 3.8) is 0 Å². The molecule has 0 bridgehead atoms. The van der Waals surface area contributed by atoms with Gasteiger partial charge in [0.25, 0.3) is 0 Å². The summed E-state index contributed by atoms with van der Waals surface area (Å²) < 4.78 is 0. The Bertz CT molecular complexity index is 475. The van der Waals surface area contributed by atoms with Crippen molar-refractivity contribution in [3.8, 4) is 0 Å². The molecule has 5 heteroatoms. The number of amides is 2. The molecule has 108 valence electrons. The lowest BCUT2D eigenvalue weighted by molar-refractivity contribution is -0.131. The summed E-state index contributed by atoms with van der Waals surface area (Å²) in [6.45, 7) is 2.71. The molecule has 3 N–H and O–H groups in total. The van der Waals surface area contributed by atoms with E-state index in [0.717, 1.165) is 12.0 Å². The van der Waals surface area contributed by atoms with Gasteiger partial charge in [0.1, 0.15) is 0 Å². The predicted octanol–water partition coefficient (Wildman–Crippen LogP) is 0.293. The molecule has 0 aromatic heterocycles. The molecule has 1 heterocycles. The third-order valence-corrected chi connectivity index (χ3v) is 3.52. The minimum absolute atomic E-state index is 0.0401. The van der Waals surface area contributed by atoms with Gasteiger partial charge in [-0.1, -0.05) is 30.3 Å². The van der Waals surface area contributed by atoms with Gasteiger partial charge >= 0.3 is 0 Å². The van der Waals surface area contributed by atoms with Crippen molar-refractivity contribution in [2.24, 2.45) is 5.73 Å². The lowest BCUT2D eigenvalue weighted by Crippen LogP contribution is -2.45. The fraction of sp³-hybridized carbons (Fsp3) is 0.467. The van der Waals surface area contributed by atoms with Gasteiger partial charge in [0.05, 0.1) is 6.04 Å². The first-order valence-electron chi connectivity index (χ1n) is 6.91. The standard InChI is InChI=1S/C15H21N3O2/c1-11(19)17-13-7-8-18(10-13)15(20)14(16)9-12-5-3-2-4-6-12/h2-6,13-14H,7-10,16H2,1H3,(H,17,19)/t13?,14-/m1/s1. The van der Waals surface area contributed by atoms with Crippen LogP contribution in [0.5, 0.6) is 0 Å². The van der Waals surface area contributed by atoms with Gasteiger partial charge in [-0.15, -0.1) is 0 Å². The zero-order chi connectivity index (χ0) is 14.5. The first-order chi connectivity index (χ1) is 9.56. The predicted molar refractivity (Wildman–Crippen MR) is 76.9 cm³/mol. The molecule has 0 spiro atoms. The van der Waals surface area contributed by atoms with E-state index in [2.05, 4.69) is 5.32 Å². The van der Waals surface area contributed by atoms with E-state index in [1.807, 2.05) is 30.3 Å². The molecule has 2 amide bonds. The first kappa shape index (κ1) is 14.5. The van der Waals surface area contributed by atoms with E-state index in [9.17, 15) is 9.59 Å². The van der Waals surface area contributed by atoms with Crippen molar-refractivity contribution in [2.45, 2.75) is 31.8 Å². The summed E-state index contributed by atoms with van der Waals surface area (Å²) in [6, 6.07) is 9.29. The maximum Gasteiger partial charge on any atom is 0.239 e. The average molecular weight is 275 g/mol. The summed E-state index contributed by atoms with van der Waals surface area (Å²) >= 11 is 0. The largest absolute Gasteiger partial charge is 0.352 e. The molecule has 0 aliphatic carbocycles. The van der Waals surface area contributed by atoms with Gasteiger partial charge in [-0.2, -0.15) is 0 Å². The molecule has 1 aromatic rings. The third-order valence-electron chi connectivity index (χ3n) is 3.52. The molecule has 1 fully saturated rings. The van der Waals surface area contributed by atoms with Crippen LogP contribution in [0.1, 0.15) is 18.9 Å². The molecule has 2 atom stereocenters. The van der Waals surface area contributed by atoms with Gasteiger partial charge in [0, 0.05) is 26.1 Å². The highest BCUT2D eigenvalue weighted by Crippen LogP contribution is 2.12. The smallest absolute Gasteiger partial charge is 0.239 e. The SMILES string of the molecule is CC(=O)NC1CCN(C(=O)[C@H](N)Cc2ccccc2)C1. The Balaban J connectivity index is 1.87. The summed E-state index contributed by atoms with van der Waals surface area (Å²) in [5.41, 5.74) is 7.06. The Kier molecular flexibility index (Phi) is 4.74. The average Bonchev–Trinajstić information content (AvgIpc) is 2.86. The van der Waals surface area contributed by atoms with Crippen molar-refractivity contribution in [1.82, 2.24) is 10.2 Å². The summed E-state index contributed by atoms with van der Waals surface area (Å²) in [7, 11) is 0. The molecule has 2 rings (SSSR count). The fourth-order valence-corrected chi connectivity index (χ4v) is 2.56. The van der Waals surface area contributed by atoms with Crippen LogP contribution in [0, 0.1) is 0 Å². The Hall–Kier alpha value is -1.88. The zero-order valence-corrected chi connectivity index (χ0v) is 11.7. The van der Waals surface area contributed by atoms with Crippen LogP contribution in [0.4, 0.5) is 0 Å². The number of rotatable bonds is 4. The molecule has 1 aliphatic heterocycles. The summed E-state index contributed by atoms with van der Waals surface area (Å²) in [4.78, 5) is 25.0. The highest BCUT2D eigenvalue weighted by atomic mass is 16.2. The fourth-order valence-electron chi connectivity index (χ4n) is 2.56. The Labute approximate surface area is 119 Å². The molecule has 0 radical (unpaired) electrons. The topological polar surface area (TPSA) is 75.4 Å². The van der Waals surface area contributed by atoms with Crippen molar-refractivity contribution in [3.05, 3.63) is 35.9 Å². The second-order valence-electron chi connectivity index (χ2n) is 5.27. The lowest BCUT2D eigenvalue weighted by atomic mass is 10.1. The highest BCUT2D eigenvalue weighted by molar-refractivity contribution is 5.82. The van der Waals surface area contributed by atoms with E-state index >= 15 is 0 Å². The molecule has 1 aromatic carbocycles. The van der Waals surface area contributed by atoms with E-state index in [1.54, 1.807) is 4.90 Å². The minimum Gasteiger partial charge on any atom is -0.352 e. The van der Waals surface area contributed by atoms with Gasteiger partial charge in [-0.25, -0.2) is 0 Å². The number of carbonyl (C=O) groups is 2. The Morgan fingerprint density at radius 1 is 1.40 bits per heavy atom. The number of nitrogens with one attached hydrogen (secondary N) is 1. The van der Waals surface area contributed by atoms with Crippen molar-refractivity contribution in [1.29, 1.82) is 0 Å². The number of nitrogens with zero attached hydrogens (tertiary/aromatic N) is 1. The quantitative estimate of drug-likeness (QED) is 0.829. The second-order valence-corrected chi connectivity index (χ2v) is 5.27. The molecule has 1 saturated heterocycles. The number of hydrogen-bond donors (Lipinski definition) is 2. The van der Waals surface area contributed by atoms with Crippen LogP contribution in [0.2, 0.25) is 0 Å². The van der Waals surface area contributed by atoms with E-state index < -0.39 is 6.04 Å². The van der Waals surface area contributed by atoms with E-state index in [1.165, 1.54) is 6.92 Å². The van der Waals surface area contributed by atoms with Gasteiger partial charge < -0.3 is 16.0 Å². The molecule has 1 unspecified atom stereocenters. The van der Waals surface area contributed by atoms with Crippen LogP contribution in [-0.4, -0.2) is 41.9 Å². The molecular weight excluding hydrogens is 254 g/mol. The summed E-state index contributed by atoms with van der Waals surface area (Å²) in [6.07, 6.45) is 1.34. The van der Waals surface area contributed by atoms with Crippen LogP contribution < -0.4 is 11.1 Å². The van der Waals surface area contributed by atoms with Crippen LogP contribution in [0.25, 0.3) is 0 Å². The first-order valence-corrected chi connectivity index (χ1v) is 6.91. The second kappa shape index (κ2) is 6.52. The number of carbonyl (C=O) groups excluding carboxylic acids is 2. The zero-order valence-electron chi connectivity index (χ0n) is 11.7. The lowest BCUT2D eigenvalue weighted by Gasteiger charge is -2.21. The number of hydrogen-bond acceptors (Lipinski definition) is 3. The van der Waals surface area contributed by atoms with E-state index in [-0.39, 0.29) is 17.9 Å². The van der Waals surface area contributed by atoms with Crippen molar-refractivity contribution < 1.29 is 9.59 Å². The summed E-state index contributed by atoms with van der Waals surface area (Å²) in [5.74, 6) is -0.0976. The van der Waals surface area contributed by atoms with Crippen LogP contribution in [0.3, 0.4) is 0 Å². The van der Waals surface area contributed by atoms with Gasteiger partial charge in [-0.3, -0.25) is 9.59 Å². The maximum atomic E-state index is 12.3. The molecular formula is C15H21N3O2. The number of likely N-dealkylation sites (tertiary alicyclic amines) is 1. The van der Waals surface area contributed by atoms with E-state index in [0.29, 0.717) is 19.5 Å². The Morgan fingerprint density at radius 2 is 2.10 bits per heavy atom. The van der Waals surface area contributed by atoms with Gasteiger partial charge in [0.2, 0.25) is 11.8 Å². The molecule has 20 heavy (non-hydrogen) atoms. The number of benzene rings is 1. The minimum atomic E-state index is -0.520. The van der Waals surface area contributed by atoms with Crippen LogP contribution in [-0.2, 0) is 16.0 Å². The van der Waals surface area contributed by atoms with Crippen molar-refractivity contribution >= 4 is 11.8 Å². The normalized spacial score (nSPS) is 19.7. The number of nitrogens with two attached hydrogens (primary N) is 1. The molecule has 5 nitrogen and oxygen atoms in total. The van der Waals surface area contributed by atoms with Crippen LogP contribution in [0.15, 0.2) is 30.3 Å². The summed E-state index contributed by atoms with van der Waals surface area (Å²) in [5, 5.41) is 2.84. The molecule has 1 aliphatic rings. The van der Waals surface area contributed by atoms with Crippen molar-refractivity contribution in [2.75, 3.05) is 13.1 Å². The maximum absolute atomic E-state index is 12.3. The monoisotopic (exact) mass is 275 g/mol. The van der Waals surface area contributed by atoms with Crippen LogP contribution >= 0.6 is 0 Å². The van der Waals surface area contributed by atoms with E-state index in [4.69, 9.17) is 5.73 Å². The molecule has 0 saturated carbocycles. The Morgan fingerprint density at radius 3 is 2.75 bits per heavy atom. The highest BCUT2D eigenvalue weighted by Gasteiger charge is 2.29. The van der Waals surface area contributed by atoms with Gasteiger partial charge in [-0.05, 0) is 18.4 Å². The van der Waals surface area contributed by atoms with Gasteiger partial charge in [0.15, 0.2) is 0 Å².